The van der Waals surface area contributed by atoms with E-state index in [1.165, 1.54) is 22.3 Å². The molecule has 0 aliphatic heterocycles. The third-order valence-corrected chi connectivity index (χ3v) is 6.08. The summed E-state index contributed by atoms with van der Waals surface area (Å²) in [6.45, 7) is 0. The van der Waals surface area contributed by atoms with E-state index in [9.17, 15) is 0 Å². The van der Waals surface area contributed by atoms with Crippen LogP contribution in [0.1, 0.15) is 0 Å². The molecule has 0 spiro atoms. The molecular formula is C29H21BrN+. The second-order valence-corrected chi connectivity index (χ2v) is 8.25. The third-order valence-electron chi connectivity index (χ3n) is 5.41. The van der Waals surface area contributed by atoms with Crippen LogP contribution in [0.5, 0.6) is 0 Å². The van der Waals surface area contributed by atoms with E-state index in [0.717, 1.165) is 21.5 Å². The summed E-state index contributed by atoms with van der Waals surface area (Å²) in [4.78, 5) is 0. The summed E-state index contributed by atoms with van der Waals surface area (Å²) in [6, 6.07) is 44.7. The van der Waals surface area contributed by atoms with Crippen molar-refractivity contribution < 1.29 is 4.57 Å². The second-order valence-electron chi connectivity index (χ2n) is 7.40. The van der Waals surface area contributed by atoms with Gasteiger partial charge in [-0.3, -0.25) is 0 Å². The predicted octanol–water partition coefficient (Wildman–Crippen LogP) is 7.73. The molecule has 31 heavy (non-hydrogen) atoms. The van der Waals surface area contributed by atoms with Gasteiger partial charge in [0.2, 0.25) is 17.1 Å². The van der Waals surface area contributed by atoms with Gasteiger partial charge in [0.25, 0.3) is 0 Å². The zero-order valence-corrected chi connectivity index (χ0v) is 18.5. The smallest absolute Gasteiger partial charge is 0.152 e. The zero-order valence-electron chi connectivity index (χ0n) is 16.9. The Hall–Kier alpha value is -3.49. The molecule has 0 fully saturated rings. The normalized spacial score (nSPS) is 10.7. The van der Waals surface area contributed by atoms with Crippen LogP contribution in [0.3, 0.4) is 0 Å². The number of pyridine rings is 1. The van der Waals surface area contributed by atoms with E-state index in [2.05, 4.69) is 148 Å². The van der Waals surface area contributed by atoms with Crippen LogP contribution in [0.25, 0.3) is 39.3 Å². The first kappa shape index (κ1) is 19.5. The van der Waals surface area contributed by atoms with Crippen LogP contribution in [0.2, 0.25) is 0 Å². The maximum Gasteiger partial charge on any atom is 0.225 e. The van der Waals surface area contributed by atoms with Crippen molar-refractivity contribution in [3.8, 4) is 39.3 Å². The van der Waals surface area contributed by atoms with E-state index >= 15 is 0 Å². The van der Waals surface area contributed by atoms with Gasteiger partial charge in [-0.15, -0.1) is 0 Å². The Morgan fingerprint density at radius 3 is 1.32 bits per heavy atom. The molecule has 0 radical (unpaired) electrons. The van der Waals surface area contributed by atoms with E-state index in [-0.39, 0.29) is 0 Å². The molecule has 0 aliphatic carbocycles. The summed E-state index contributed by atoms with van der Waals surface area (Å²) in [5.41, 5.74) is 8.15. The highest BCUT2D eigenvalue weighted by Gasteiger charge is 2.26. The molecule has 2 heteroatoms. The lowest BCUT2D eigenvalue weighted by atomic mass is 9.98. The van der Waals surface area contributed by atoms with Gasteiger partial charge in [-0.05, 0) is 57.4 Å². The fraction of sp³-hybridized carbons (Fsp3) is 0. The number of halogens is 1. The summed E-state index contributed by atoms with van der Waals surface area (Å²) < 4.78 is 3.41. The minimum absolute atomic E-state index is 1.06. The van der Waals surface area contributed by atoms with Crippen molar-refractivity contribution in [3.63, 3.8) is 0 Å². The van der Waals surface area contributed by atoms with Gasteiger partial charge >= 0.3 is 0 Å². The number of hydrogen-bond donors (Lipinski definition) is 0. The molecule has 0 unspecified atom stereocenters. The van der Waals surface area contributed by atoms with Crippen molar-refractivity contribution >= 4 is 15.9 Å². The number of para-hydroxylation sites is 1. The summed E-state index contributed by atoms with van der Waals surface area (Å²) in [6.07, 6.45) is 0. The van der Waals surface area contributed by atoms with Gasteiger partial charge in [0.1, 0.15) is 0 Å². The summed E-state index contributed by atoms with van der Waals surface area (Å²) in [7, 11) is 0. The van der Waals surface area contributed by atoms with E-state index in [1.807, 2.05) is 0 Å². The summed E-state index contributed by atoms with van der Waals surface area (Å²) in [5, 5.41) is 0. The van der Waals surface area contributed by atoms with Gasteiger partial charge in [-0.25, -0.2) is 0 Å². The van der Waals surface area contributed by atoms with E-state index in [0.29, 0.717) is 0 Å². The van der Waals surface area contributed by atoms with Gasteiger partial charge < -0.3 is 0 Å². The Balaban J connectivity index is 1.90. The molecular weight excluding hydrogens is 442 g/mol. The highest BCUT2D eigenvalue weighted by atomic mass is 79.9. The Morgan fingerprint density at radius 2 is 0.839 bits per heavy atom. The van der Waals surface area contributed by atoms with Gasteiger partial charge in [0, 0.05) is 29.3 Å². The minimum atomic E-state index is 1.06. The number of hydrogen-bond acceptors (Lipinski definition) is 0. The first-order valence-corrected chi connectivity index (χ1v) is 11.1. The predicted molar refractivity (Wildman–Crippen MR) is 132 cm³/mol. The van der Waals surface area contributed by atoms with Crippen molar-refractivity contribution in [2.45, 2.75) is 0 Å². The molecule has 1 heterocycles. The summed E-state index contributed by atoms with van der Waals surface area (Å²) in [5.74, 6) is 0. The zero-order chi connectivity index (χ0) is 21.0. The Morgan fingerprint density at radius 1 is 0.419 bits per heavy atom. The molecule has 4 aromatic carbocycles. The molecule has 5 aromatic rings. The molecule has 0 aliphatic rings. The Labute approximate surface area is 191 Å². The highest BCUT2D eigenvalue weighted by Crippen LogP contribution is 2.31. The average Bonchev–Trinajstić information content (AvgIpc) is 2.85. The standard InChI is InChI=1S/C29H21BrN/c30-26-18-10-11-19-27(26)31-28(23-14-6-2-7-15-23)20-25(22-12-4-1-5-13-22)21-29(31)24-16-8-3-9-17-24/h1-21H/q+1. The lowest BCUT2D eigenvalue weighted by molar-refractivity contribution is -0.572. The summed E-state index contributed by atoms with van der Waals surface area (Å²) >= 11 is 3.79. The maximum absolute atomic E-state index is 3.79. The van der Waals surface area contributed by atoms with E-state index in [1.54, 1.807) is 0 Å². The molecule has 0 atom stereocenters. The van der Waals surface area contributed by atoms with Crippen LogP contribution >= 0.6 is 15.9 Å². The number of nitrogens with zero attached hydrogens (tertiary/aromatic N) is 1. The number of aromatic nitrogens is 1. The van der Waals surface area contributed by atoms with Crippen molar-refractivity contribution in [1.82, 2.24) is 0 Å². The molecule has 148 valence electrons. The van der Waals surface area contributed by atoms with Crippen LogP contribution in [-0.4, -0.2) is 0 Å². The van der Waals surface area contributed by atoms with Gasteiger partial charge in [-0.1, -0.05) is 78.9 Å². The van der Waals surface area contributed by atoms with E-state index < -0.39 is 0 Å². The Kier molecular flexibility index (Phi) is 5.47. The fourth-order valence-electron chi connectivity index (χ4n) is 3.93. The van der Waals surface area contributed by atoms with Crippen LogP contribution in [0, 0.1) is 0 Å². The molecule has 0 saturated carbocycles. The highest BCUT2D eigenvalue weighted by molar-refractivity contribution is 9.10. The minimum Gasteiger partial charge on any atom is -0.152 e. The molecule has 0 amide bonds. The van der Waals surface area contributed by atoms with Crippen LogP contribution < -0.4 is 4.57 Å². The SMILES string of the molecule is Brc1ccccc1-[n+]1c(-c2ccccc2)cc(-c2ccccc2)cc1-c1ccccc1. The molecule has 1 nitrogen and oxygen atoms in total. The molecule has 0 bridgehead atoms. The van der Waals surface area contributed by atoms with Gasteiger partial charge in [0.15, 0.2) is 0 Å². The van der Waals surface area contributed by atoms with Crippen molar-refractivity contribution in [2.24, 2.45) is 0 Å². The van der Waals surface area contributed by atoms with Crippen LogP contribution in [-0.2, 0) is 0 Å². The lowest BCUT2D eigenvalue weighted by Gasteiger charge is -2.13. The van der Waals surface area contributed by atoms with Crippen molar-refractivity contribution in [1.29, 1.82) is 0 Å². The third kappa shape index (κ3) is 3.95. The Bertz CT molecular complexity index is 1250. The van der Waals surface area contributed by atoms with Crippen LogP contribution in [0.15, 0.2) is 132 Å². The van der Waals surface area contributed by atoms with E-state index in [4.69, 9.17) is 0 Å². The first-order chi connectivity index (χ1) is 15.3. The lowest BCUT2D eigenvalue weighted by Crippen LogP contribution is -2.36. The molecule has 1 aromatic heterocycles. The van der Waals surface area contributed by atoms with Crippen molar-refractivity contribution in [3.05, 3.63) is 132 Å². The van der Waals surface area contributed by atoms with Crippen LogP contribution in [0.4, 0.5) is 0 Å². The van der Waals surface area contributed by atoms with Gasteiger partial charge in [0.05, 0.1) is 4.47 Å². The quantitative estimate of drug-likeness (QED) is 0.240. The molecule has 0 N–H and O–H groups in total. The number of benzene rings is 4. The van der Waals surface area contributed by atoms with Gasteiger partial charge in [-0.2, -0.15) is 4.57 Å². The maximum atomic E-state index is 3.79. The van der Waals surface area contributed by atoms with Crippen molar-refractivity contribution in [2.75, 3.05) is 0 Å². The first-order valence-electron chi connectivity index (χ1n) is 10.3. The largest absolute Gasteiger partial charge is 0.225 e. The number of rotatable bonds is 4. The monoisotopic (exact) mass is 462 g/mol. The second kappa shape index (κ2) is 8.71. The molecule has 5 rings (SSSR count). The molecule has 0 saturated heterocycles. The topological polar surface area (TPSA) is 3.88 Å². The fourth-order valence-corrected chi connectivity index (χ4v) is 4.39. The average molecular weight is 463 g/mol.